The molecular formula is C18H23NO6S. The highest BCUT2D eigenvalue weighted by Gasteiger charge is 2.44. The maximum Gasteiger partial charge on any atom is 0.359 e. The Balaban J connectivity index is 2.85. The van der Waals surface area contributed by atoms with Gasteiger partial charge in [-0.3, -0.25) is 9.10 Å². The number of carbonyl (C=O) groups excluding carboxylic acids is 2. The number of sulfonamides is 1. The largest absolute Gasteiger partial charge is 0.464 e. The first-order valence-electron chi connectivity index (χ1n) is 8.11. The molecule has 0 spiro atoms. The fourth-order valence-electron chi connectivity index (χ4n) is 2.50. The highest BCUT2D eigenvalue weighted by Crippen LogP contribution is 2.39. The number of benzene rings is 1. The van der Waals surface area contributed by atoms with E-state index in [1.54, 1.807) is 46.8 Å². The Kier molecular flexibility index (Phi) is 5.19. The second-order valence-corrected chi connectivity index (χ2v) is 8.98. The van der Waals surface area contributed by atoms with Crippen molar-refractivity contribution >= 4 is 27.7 Å². The number of hydrogen-bond acceptors (Lipinski definition) is 6. The summed E-state index contributed by atoms with van der Waals surface area (Å²) in [4.78, 5) is 24.9. The number of esters is 2. The Labute approximate surface area is 153 Å². The van der Waals surface area contributed by atoms with E-state index < -0.39 is 33.4 Å². The molecule has 8 heteroatoms. The molecule has 0 fully saturated rings. The summed E-state index contributed by atoms with van der Waals surface area (Å²) in [5, 5.41) is 0. The van der Waals surface area contributed by atoms with Gasteiger partial charge in [-0.05, 0) is 46.8 Å². The number of ether oxygens (including phenoxy) is 2. The monoisotopic (exact) mass is 381 g/mol. The van der Waals surface area contributed by atoms with Crippen LogP contribution in [0, 0.1) is 5.41 Å². The molecule has 1 aromatic carbocycles. The van der Waals surface area contributed by atoms with E-state index in [0.717, 1.165) is 11.4 Å². The lowest BCUT2D eigenvalue weighted by Crippen LogP contribution is -2.43. The highest BCUT2D eigenvalue weighted by molar-refractivity contribution is 7.89. The van der Waals surface area contributed by atoms with Gasteiger partial charge in [0.1, 0.15) is 0 Å². The molecule has 26 heavy (non-hydrogen) atoms. The molecule has 0 unspecified atom stereocenters. The van der Waals surface area contributed by atoms with Crippen LogP contribution in [0.5, 0.6) is 0 Å². The van der Waals surface area contributed by atoms with Gasteiger partial charge in [-0.1, -0.05) is 12.1 Å². The molecule has 0 saturated heterocycles. The normalized spacial score (nSPS) is 16.3. The van der Waals surface area contributed by atoms with Crippen molar-refractivity contribution in [1.82, 2.24) is 4.31 Å². The first-order chi connectivity index (χ1) is 11.9. The molecule has 1 aromatic rings. The average Bonchev–Trinajstić information content (AvgIpc) is 2.54. The van der Waals surface area contributed by atoms with Crippen LogP contribution in [0.1, 0.15) is 40.2 Å². The van der Waals surface area contributed by atoms with Gasteiger partial charge in [0.2, 0.25) is 0 Å². The van der Waals surface area contributed by atoms with Gasteiger partial charge in [-0.2, -0.15) is 0 Å². The highest BCUT2D eigenvalue weighted by atomic mass is 32.2. The topological polar surface area (TPSA) is 90.0 Å². The van der Waals surface area contributed by atoms with Gasteiger partial charge in [0.05, 0.1) is 17.4 Å². The van der Waals surface area contributed by atoms with E-state index in [2.05, 4.69) is 0 Å². The zero-order valence-corrected chi connectivity index (χ0v) is 16.5. The molecule has 0 atom stereocenters. The standard InChI is InChI=1S/C18H23NO6S/c1-11(2)19-14(16(20)24-6)15(25-17(21)18(3,4)5)12-9-7-8-10-13(12)26(19,22)23/h7-11H,1-6H3. The van der Waals surface area contributed by atoms with Crippen LogP contribution in [0.25, 0.3) is 5.76 Å². The maximum absolute atomic E-state index is 13.0. The van der Waals surface area contributed by atoms with E-state index in [1.807, 2.05) is 0 Å². The van der Waals surface area contributed by atoms with Gasteiger partial charge >= 0.3 is 11.9 Å². The van der Waals surface area contributed by atoms with Crippen LogP contribution in [-0.2, 0) is 29.1 Å². The molecule has 1 aliphatic rings. The predicted molar refractivity (Wildman–Crippen MR) is 95.1 cm³/mol. The third kappa shape index (κ3) is 3.33. The Bertz CT molecular complexity index is 877. The Morgan fingerprint density at radius 2 is 1.69 bits per heavy atom. The minimum Gasteiger partial charge on any atom is -0.464 e. The molecule has 0 N–H and O–H groups in total. The SMILES string of the molecule is COC(=O)C1=C(OC(=O)C(C)(C)C)c2ccccc2S(=O)(=O)N1C(C)C. The van der Waals surface area contributed by atoms with E-state index in [-0.39, 0.29) is 21.9 Å². The van der Waals surface area contributed by atoms with Gasteiger partial charge < -0.3 is 9.47 Å². The quantitative estimate of drug-likeness (QED) is 0.748. The smallest absolute Gasteiger partial charge is 0.359 e. The summed E-state index contributed by atoms with van der Waals surface area (Å²) in [6, 6.07) is 5.50. The number of methoxy groups -OCH3 is 1. The summed E-state index contributed by atoms with van der Waals surface area (Å²) in [5.41, 5.74) is -0.997. The van der Waals surface area contributed by atoms with Crippen LogP contribution in [0.2, 0.25) is 0 Å². The summed E-state index contributed by atoms with van der Waals surface area (Å²) in [7, 11) is -2.86. The maximum atomic E-state index is 13.0. The van der Waals surface area contributed by atoms with Crippen molar-refractivity contribution in [1.29, 1.82) is 0 Å². The van der Waals surface area contributed by atoms with Crippen molar-refractivity contribution in [3.05, 3.63) is 35.5 Å². The third-order valence-corrected chi connectivity index (χ3v) is 5.79. The van der Waals surface area contributed by atoms with Crippen LogP contribution in [0.3, 0.4) is 0 Å². The van der Waals surface area contributed by atoms with Gasteiger partial charge in [-0.25, -0.2) is 13.2 Å². The number of carbonyl (C=O) groups is 2. The zero-order chi connectivity index (χ0) is 19.9. The summed E-state index contributed by atoms with van der Waals surface area (Å²) in [6.45, 7) is 8.24. The lowest BCUT2D eigenvalue weighted by molar-refractivity contribution is -0.145. The minimum atomic E-state index is -4.01. The molecule has 0 aromatic heterocycles. The molecule has 7 nitrogen and oxygen atoms in total. The average molecular weight is 381 g/mol. The third-order valence-electron chi connectivity index (χ3n) is 3.76. The molecule has 1 heterocycles. The molecule has 0 amide bonds. The first-order valence-corrected chi connectivity index (χ1v) is 9.55. The fraction of sp³-hybridized carbons (Fsp3) is 0.444. The molecule has 0 radical (unpaired) electrons. The number of nitrogens with zero attached hydrogens (tertiary/aromatic N) is 1. The molecule has 2 rings (SSSR count). The van der Waals surface area contributed by atoms with Crippen molar-refractivity contribution < 1.29 is 27.5 Å². The zero-order valence-electron chi connectivity index (χ0n) is 15.7. The predicted octanol–water partition coefficient (Wildman–Crippen LogP) is 2.53. The van der Waals surface area contributed by atoms with E-state index in [9.17, 15) is 18.0 Å². The first kappa shape index (κ1) is 20.0. The Hall–Kier alpha value is -2.35. The van der Waals surface area contributed by atoms with Crippen molar-refractivity contribution in [2.45, 2.75) is 45.6 Å². The van der Waals surface area contributed by atoms with Crippen LogP contribution >= 0.6 is 0 Å². The summed E-state index contributed by atoms with van der Waals surface area (Å²) in [6.07, 6.45) is 0. The van der Waals surface area contributed by atoms with Gasteiger partial charge in [0, 0.05) is 11.6 Å². The van der Waals surface area contributed by atoms with Gasteiger partial charge in [0.25, 0.3) is 10.0 Å². The summed E-state index contributed by atoms with van der Waals surface area (Å²) in [5.74, 6) is -1.60. The van der Waals surface area contributed by atoms with Crippen LogP contribution in [0.4, 0.5) is 0 Å². The van der Waals surface area contributed by atoms with Crippen molar-refractivity contribution in [3.8, 4) is 0 Å². The number of rotatable bonds is 3. The molecule has 0 bridgehead atoms. The second kappa shape index (κ2) is 6.75. The lowest BCUT2D eigenvalue weighted by Gasteiger charge is -2.35. The van der Waals surface area contributed by atoms with E-state index in [4.69, 9.17) is 9.47 Å². The molecule has 1 aliphatic heterocycles. The van der Waals surface area contributed by atoms with E-state index >= 15 is 0 Å². The van der Waals surface area contributed by atoms with E-state index in [0.29, 0.717) is 0 Å². The lowest BCUT2D eigenvalue weighted by atomic mass is 9.97. The van der Waals surface area contributed by atoms with Crippen LogP contribution in [-0.4, -0.2) is 37.8 Å². The molecule has 0 saturated carbocycles. The molecule has 142 valence electrons. The van der Waals surface area contributed by atoms with Crippen molar-refractivity contribution in [2.75, 3.05) is 7.11 Å². The Morgan fingerprint density at radius 1 is 1.12 bits per heavy atom. The minimum absolute atomic E-state index is 0.0296. The fourth-order valence-corrected chi connectivity index (χ4v) is 4.35. The molecule has 0 aliphatic carbocycles. The molecular weight excluding hydrogens is 358 g/mol. The van der Waals surface area contributed by atoms with Crippen molar-refractivity contribution in [3.63, 3.8) is 0 Å². The number of hydrogen-bond donors (Lipinski definition) is 0. The second-order valence-electron chi connectivity index (χ2n) is 7.20. The summed E-state index contributed by atoms with van der Waals surface area (Å²) >= 11 is 0. The van der Waals surface area contributed by atoms with Crippen LogP contribution in [0.15, 0.2) is 34.9 Å². The van der Waals surface area contributed by atoms with Gasteiger partial charge in [-0.15, -0.1) is 0 Å². The van der Waals surface area contributed by atoms with Crippen molar-refractivity contribution in [2.24, 2.45) is 5.41 Å². The van der Waals surface area contributed by atoms with Crippen LogP contribution < -0.4 is 0 Å². The Morgan fingerprint density at radius 3 is 2.19 bits per heavy atom. The van der Waals surface area contributed by atoms with E-state index in [1.165, 1.54) is 12.1 Å². The van der Waals surface area contributed by atoms with Gasteiger partial charge in [0.15, 0.2) is 11.5 Å². The summed E-state index contributed by atoms with van der Waals surface area (Å²) < 4.78 is 37.3. The number of fused-ring (bicyclic) bond motifs is 1.